The molecule has 1 heterocycles. The van der Waals surface area contributed by atoms with Gasteiger partial charge >= 0.3 is 6.61 Å². The first-order valence-electron chi connectivity index (χ1n) is 7.52. The van der Waals surface area contributed by atoms with Crippen molar-refractivity contribution in [1.82, 2.24) is 9.55 Å². The molecule has 0 aliphatic carbocycles. The number of aromatic nitrogens is 2. The van der Waals surface area contributed by atoms with Gasteiger partial charge in [0, 0.05) is 24.6 Å². The number of nitrogens with one attached hydrogen (secondary N) is 1. The van der Waals surface area contributed by atoms with Gasteiger partial charge in [-0.3, -0.25) is 4.79 Å². The van der Waals surface area contributed by atoms with E-state index in [-0.39, 0.29) is 11.3 Å². The van der Waals surface area contributed by atoms with Crippen LogP contribution >= 0.6 is 0 Å². The van der Waals surface area contributed by atoms with Gasteiger partial charge < -0.3 is 14.6 Å². The summed E-state index contributed by atoms with van der Waals surface area (Å²) in [4.78, 5) is 16.4. The Morgan fingerprint density at radius 2 is 2.04 bits per heavy atom. The molecule has 3 aromatic rings. The highest BCUT2D eigenvalue weighted by molar-refractivity contribution is 6.06. The molecular weight excluding hydrogens is 328 g/mol. The van der Waals surface area contributed by atoms with Gasteiger partial charge in [0.2, 0.25) is 0 Å². The Morgan fingerprint density at radius 1 is 1.20 bits per heavy atom. The third kappa shape index (κ3) is 4.41. The average molecular weight is 343 g/mol. The summed E-state index contributed by atoms with van der Waals surface area (Å²) < 4.78 is 31.2. The van der Waals surface area contributed by atoms with Gasteiger partial charge in [-0.1, -0.05) is 24.3 Å². The van der Waals surface area contributed by atoms with E-state index in [1.165, 1.54) is 18.2 Å². The largest absolute Gasteiger partial charge is 0.434 e. The second-order valence-electron chi connectivity index (χ2n) is 5.26. The number of alkyl halides is 2. The van der Waals surface area contributed by atoms with E-state index in [1.54, 1.807) is 24.7 Å². The lowest BCUT2D eigenvalue weighted by molar-refractivity contribution is -0.0501. The number of anilines is 1. The first-order valence-corrected chi connectivity index (χ1v) is 7.52. The maximum absolute atomic E-state index is 12.5. The van der Waals surface area contributed by atoms with Crippen LogP contribution in [0.15, 0.2) is 67.3 Å². The maximum atomic E-state index is 12.5. The van der Waals surface area contributed by atoms with Crippen LogP contribution in [0.1, 0.15) is 15.9 Å². The minimum Gasteiger partial charge on any atom is -0.434 e. The van der Waals surface area contributed by atoms with Crippen molar-refractivity contribution in [3.8, 4) is 5.75 Å². The van der Waals surface area contributed by atoms with E-state index in [4.69, 9.17) is 0 Å². The zero-order valence-corrected chi connectivity index (χ0v) is 13.1. The third-order valence-electron chi connectivity index (χ3n) is 3.46. The van der Waals surface area contributed by atoms with Crippen molar-refractivity contribution < 1.29 is 18.3 Å². The molecule has 0 aliphatic rings. The lowest BCUT2D eigenvalue weighted by Gasteiger charge is -2.11. The molecule has 7 heteroatoms. The number of ether oxygens (including phenoxy) is 1. The van der Waals surface area contributed by atoms with E-state index in [2.05, 4.69) is 15.0 Å². The number of rotatable bonds is 6. The smallest absolute Gasteiger partial charge is 0.387 e. The zero-order valence-electron chi connectivity index (χ0n) is 13.1. The average Bonchev–Trinajstić information content (AvgIpc) is 3.08. The molecule has 1 aromatic heterocycles. The van der Waals surface area contributed by atoms with Crippen molar-refractivity contribution >= 4 is 11.6 Å². The number of hydrogen-bond donors (Lipinski definition) is 1. The number of halogens is 2. The van der Waals surface area contributed by atoms with Crippen molar-refractivity contribution in [3.63, 3.8) is 0 Å². The van der Waals surface area contributed by atoms with Gasteiger partial charge in [-0.25, -0.2) is 4.98 Å². The highest BCUT2D eigenvalue weighted by Crippen LogP contribution is 2.22. The molecule has 0 fully saturated rings. The number of hydrogen-bond acceptors (Lipinski definition) is 3. The van der Waals surface area contributed by atoms with Gasteiger partial charge in [-0.15, -0.1) is 0 Å². The molecule has 0 aliphatic heterocycles. The first-order chi connectivity index (χ1) is 12.1. The number of nitrogens with zero attached hydrogens (tertiary/aromatic N) is 2. The van der Waals surface area contributed by atoms with Gasteiger partial charge in [0.25, 0.3) is 5.91 Å². The first kappa shape index (κ1) is 16.6. The van der Waals surface area contributed by atoms with Crippen molar-refractivity contribution in [2.24, 2.45) is 0 Å². The van der Waals surface area contributed by atoms with Gasteiger partial charge in [-0.2, -0.15) is 8.78 Å². The predicted molar refractivity (Wildman–Crippen MR) is 88.8 cm³/mol. The van der Waals surface area contributed by atoms with E-state index in [0.717, 1.165) is 5.56 Å². The molecule has 2 aromatic carbocycles. The lowest BCUT2D eigenvalue weighted by Crippen LogP contribution is -2.15. The maximum Gasteiger partial charge on any atom is 0.387 e. The van der Waals surface area contributed by atoms with Crippen LogP contribution in [0.4, 0.5) is 14.5 Å². The monoisotopic (exact) mass is 343 g/mol. The number of imidazole rings is 1. The molecule has 5 nitrogen and oxygen atoms in total. The number of carbonyl (C=O) groups excluding carboxylic acids is 1. The fraction of sp³-hybridized carbons (Fsp3) is 0.111. The van der Waals surface area contributed by atoms with E-state index in [9.17, 15) is 13.6 Å². The van der Waals surface area contributed by atoms with Crippen LogP contribution in [-0.4, -0.2) is 22.1 Å². The highest BCUT2D eigenvalue weighted by atomic mass is 19.3. The minimum absolute atomic E-state index is 0.0443. The van der Waals surface area contributed by atoms with Crippen LogP contribution in [0.25, 0.3) is 0 Å². The van der Waals surface area contributed by atoms with Crippen LogP contribution in [0, 0.1) is 0 Å². The summed E-state index contributed by atoms with van der Waals surface area (Å²) in [6, 6.07) is 13.1. The molecule has 0 spiro atoms. The Balaban J connectivity index is 1.75. The van der Waals surface area contributed by atoms with Gasteiger partial charge in [0.15, 0.2) is 0 Å². The Labute approximate surface area is 142 Å². The fourth-order valence-corrected chi connectivity index (χ4v) is 2.39. The molecule has 1 amide bonds. The number of para-hydroxylation sites is 1. The topological polar surface area (TPSA) is 56.2 Å². The third-order valence-corrected chi connectivity index (χ3v) is 3.46. The summed E-state index contributed by atoms with van der Waals surface area (Å²) >= 11 is 0. The summed E-state index contributed by atoms with van der Waals surface area (Å²) in [5.41, 5.74) is 1.57. The summed E-state index contributed by atoms with van der Waals surface area (Å²) in [5.74, 6) is -0.680. The second-order valence-corrected chi connectivity index (χ2v) is 5.26. The summed E-state index contributed by atoms with van der Waals surface area (Å²) in [6.07, 6.45) is 5.22. The van der Waals surface area contributed by atoms with Crippen molar-refractivity contribution in [2.75, 3.05) is 5.32 Å². The standard InChI is InChI=1S/C18H15F2N3O2/c19-18(20)25-16-7-2-1-6-15(16)17(24)22-14-5-3-4-13(10-14)11-23-9-8-21-12-23/h1-10,12,18H,11H2,(H,22,24). The van der Waals surface area contributed by atoms with E-state index >= 15 is 0 Å². The molecule has 0 saturated heterocycles. The highest BCUT2D eigenvalue weighted by Gasteiger charge is 2.15. The summed E-state index contributed by atoms with van der Waals surface area (Å²) in [7, 11) is 0. The molecule has 1 N–H and O–H groups in total. The summed E-state index contributed by atoms with van der Waals surface area (Å²) in [6.45, 7) is -2.39. The van der Waals surface area contributed by atoms with Crippen LogP contribution in [0.5, 0.6) is 5.75 Å². The van der Waals surface area contributed by atoms with Crippen LogP contribution in [-0.2, 0) is 6.54 Å². The normalized spacial score (nSPS) is 10.7. The van der Waals surface area contributed by atoms with E-state index in [0.29, 0.717) is 12.2 Å². The van der Waals surface area contributed by atoms with E-state index < -0.39 is 12.5 Å². The number of carbonyl (C=O) groups is 1. The van der Waals surface area contributed by atoms with E-state index in [1.807, 2.05) is 29.0 Å². The number of benzene rings is 2. The Bertz CT molecular complexity index is 851. The fourth-order valence-electron chi connectivity index (χ4n) is 2.39. The molecule has 0 atom stereocenters. The minimum atomic E-state index is -2.99. The SMILES string of the molecule is O=C(Nc1cccc(Cn2ccnc2)c1)c1ccccc1OC(F)F. The summed E-state index contributed by atoms with van der Waals surface area (Å²) in [5, 5.41) is 2.70. The quantitative estimate of drug-likeness (QED) is 0.741. The van der Waals surface area contributed by atoms with Crippen LogP contribution in [0.2, 0.25) is 0 Å². The van der Waals surface area contributed by atoms with Crippen LogP contribution < -0.4 is 10.1 Å². The molecule has 0 bridgehead atoms. The van der Waals surface area contributed by atoms with Gasteiger partial charge in [-0.05, 0) is 29.8 Å². The van der Waals surface area contributed by atoms with Gasteiger partial charge in [0.05, 0.1) is 11.9 Å². The van der Waals surface area contributed by atoms with Gasteiger partial charge in [0.1, 0.15) is 5.75 Å². The molecule has 0 radical (unpaired) electrons. The van der Waals surface area contributed by atoms with Crippen molar-refractivity contribution in [2.45, 2.75) is 13.2 Å². The second kappa shape index (κ2) is 7.57. The lowest BCUT2D eigenvalue weighted by atomic mass is 10.1. The van der Waals surface area contributed by atoms with Crippen LogP contribution in [0.3, 0.4) is 0 Å². The Hall–Kier alpha value is -3.22. The molecule has 128 valence electrons. The molecule has 3 rings (SSSR count). The number of amides is 1. The molecule has 0 saturated carbocycles. The zero-order chi connectivity index (χ0) is 17.6. The molecular formula is C18H15F2N3O2. The van der Waals surface area contributed by atoms with Crippen molar-refractivity contribution in [1.29, 1.82) is 0 Å². The molecule has 25 heavy (non-hydrogen) atoms. The molecule has 0 unspecified atom stereocenters. The Morgan fingerprint density at radius 3 is 2.80 bits per heavy atom. The van der Waals surface area contributed by atoms with Crippen molar-refractivity contribution in [3.05, 3.63) is 78.4 Å². The Kier molecular flexibility index (Phi) is 5.03. The predicted octanol–water partition coefficient (Wildman–Crippen LogP) is 3.79.